The Balaban J connectivity index is 2.30. The van der Waals surface area contributed by atoms with Gasteiger partial charge in [0.15, 0.2) is 6.29 Å². The maximum Gasteiger partial charge on any atom is 0.335 e. The minimum absolute atomic E-state index is 0.0469. The van der Waals surface area contributed by atoms with Crippen LogP contribution in [0.5, 0.6) is 11.5 Å². The topological polar surface area (TPSA) is 72.5 Å². The third-order valence-electron chi connectivity index (χ3n) is 7.22. The molecule has 0 unspecified atom stereocenters. The summed E-state index contributed by atoms with van der Waals surface area (Å²) < 4.78 is 50.0. The number of rotatable bonds is 23. The lowest BCUT2D eigenvalue weighted by atomic mass is 9.95. The average Bonchev–Trinajstić information content (AvgIpc) is 2.93. The molecule has 1 aromatic carbocycles. The highest BCUT2D eigenvalue weighted by Gasteiger charge is 2.33. The van der Waals surface area contributed by atoms with Crippen LogP contribution in [0, 0.1) is 5.41 Å². The summed E-state index contributed by atoms with van der Waals surface area (Å²) in [5.74, 6) is 1.35. The molecule has 0 N–H and O–H groups in total. The Labute approximate surface area is 250 Å². The van der Waals surface area contributed by atoms with Gasteiger partial charge in [0.05, 0.1) is 51.4 Å². The highest BCUT2D eigenvalue weighted by molar-refractivity contribution is 7.53. The van der Waals surface area contributed by atoms with Gasteiger partial charge in [0.25, 0.3) is 0 Å². The van der Waals surface area contributed by atoms with E-state index in [4.69, 9.17) is 28.0 Å². The number of hydrogen-bond acceptors (Lipinski definition) is 7. The van der Waals surface area contributed by atoms with E-state index in [0.717, 1.165) is 36.8 Å². The van der Waals surface area contributed by atoms with Crippen LogP contribution >= 0.6 is 7.60 Å². The molecule has 1 aliphatic heterocycles. The van der Waals surface area contributed by atoms with Crippen LogP contribution in [0.4, 0.5) is 0 Å². The minimum Gasteiger partial charge on any atom is -0.493 e. The molecule has 0 bridgehead atoms. The zero-order valence-electron chi connectivity index (χ0n) is 27.0. The van der Waals surface area contributed by atoms with Crippen LogP contribution in [0.15, 0.2) is 12.1 Å². The molecule has 0 saturated carbocycles. The molecule has 238 valence electrons. The van der Waals surface area contributed by atoms with Crippen molar-refractivity contribution in [1.29, 1.82) is 0 Å². The lowest BCUT2D eigenvalue weighted by molar-refractivity contribution is -0.226. The lowest BCUT2D eigenvalue weighted by Gasteiger charge is -2.35. The highest BCUT2D eigenvalue weighted by atomic mass is 31.2. The molecule has 1 heterocycles. The Kier molecular flexibility index (Phi) is 17.6. The van der Waals surface area contributed by atoms with Gasteiger partial charge in [-0.05, 0) is 38.8 Å². The first-order valence-electron chi connectivity index (χ1n) is 16.3. The average molecular weight is 599 g/mol. The van der Waals surface area contributed by atoms with Gasteiger partial charge in [0.2, 0.25) is 0 Å². The third kappa shape index (κ3) is 13.8. The standard InChI is InChI=1S/C33H59O7P/c1-7-11-13-15-17-19-21-35-30-24-29(32-37-26-33(5,6)27-38-32)31(36-22-20-18-16-14-12-8-2)23-28(30)25-41(34,39-9-3)40-10-4/h23-24,32H,7-22,25-27H2,1-6H3. The summed E-state index contributed by atoms with van der Waals surface area (Å²) in [5.41, 5.74) is 1.53. The van der Waals surface area contributed by atoms with Crippen molar-refractivity contribution in [3.63, 3.8) is 0 Å². The summed E-state index contributed by atoms with van der Waals surface area (Å²) in [6.45, 7) is 15.4. The minimum atomic E-state index is -3.36. The van der Waals surface area contributed by atoms with E-state index < -0.39 is 13.9 Å². The second kappa shape index (κ2) is 20.0. The van der Waals surface area contributed by atoms with Crippen LogP contribution < -0.4 is 9.47 Å². The van der Waals surface area contributed by atoms with E-state index in [-0.39, 0.29) is 11.6 Å². The molecule has 0 aliphatic carbocycles. The molecule has 0 amide bonds. The fourth-order valence-corrected chi connectivity index (χ4v) is 6.62. The number of benzene rings is 1. The van der Waals surface area contributed by atoms with Crippen molar-refractivity contribution in [3.8, 4) is 11.5 Å². The maximum atomic E-state index is 13.6. The van der Waals surface area contributed by atoms with Gasteiger partial charge in [-0.15, -0.1) is 0 Å². The van der Waals surface area contributed by atoms with E-state index in [1.807, 2.05) is 26.0 Å². The molecule has 1 fully saturated rings. The van der Waals surface area contributed by atoms with Gasteiger partial charge in [0.1, 0.15) is 11.5 Å². The molecule has 0 atom stereocenters. The van der Waals surface area contributed by atoms with Crippen molar-refractivity contribution in [3.05, 3.63) is 23.3 Å². The summed E-state index contributed by atoms with van der Waals surface area (Å²) in [7, 11) is -3.36. The van der Waals surface area contributed by atoms with Crippen molar-refractivity contribution in [2.45, 2.75) is 131 Å². The Bertz CT molecular complexity index is 869. The second-order valence-electron chi connectivity index (χ2n) is 12.0. The fraction of sp³-hybridized carbons (Fsp3) is 0.818. The van der Waals surface area contributed by atoms with Gasteiger partial charge in [0, 0.05) is 11.0 Å². The summed E-state index contributed by atoms with van der Waals surface area (Å²) in [6.07, 6.45) is 13.8. The number of hydrogen-bond donors (Lipinski definition) is 0. The van der Waals surface area contributed by atoms with Crippen molar-refractivity contribution in [2.24, 2.45) is 5.41 Å². The predicted molar refractivity (Wildman–Crippen MR) is 167 cm³/mol. The van der Waals surface area contributed by atoms with Crippen molar-refractivity contribution in [1.82, 2.24) is 0 Å². The molecule has 1 saturated heterocycles. The van der Waals surface area contributed by atoms with Crippen LogP contribution in [-0.4, -0.2) is 39.6 Å². The number of ether oxygens (including phenoxy) is 4. The summed E-state index contributed by atoms with van der Waals surface area (Å²) in [5, 5.41) is 0. The zero-order chi connectivity index (χ0) is 30.0. The smallest absolute Gasteiger partial charge is 0.335 e. The monoisotopic (exact) mass is 598 g/mol. The van der Waals surface area contributed by atoms with E-state index in [2.05, 4.69) is 27.7 Å². The normalized spacial score (nSPS) is 15.8. The molecule has 1 aromatic rings. The Morgan fingerprint density at radius 1 is 0.732 bits per heavy atom. The van der Waals surface area contributed by atoms with Gasteiger partial charge in [-0.2, -0.15) is 0 Å². The quantitative estimate of drug-likeness (QED) is 0.0917. The fourth-order valence-electron chi connectivity index (χ4n) is 4.92. The molecule has 0 aromatic heterocycles. The van der Waals surface area contributed by atoms with Gasteiger partial charge in [-0.3, -0.25) is 4.57 Å². The van der Waals surface area contributed by atoms with Gasteiger partial charge < -0.3 is 28.0 Å². The van der Waals surface area contributed by atoms with Crippen molar-refractivity contribution < 1.29 is 32.6 Å². The van der Waals surface area contributed by atoms with Gasteiger partial charge >= 0.3 is 7.60 Å². The molecule has 1 aliphatic rings. The van der Waals surface area contributed by atoms with E-state index >= 15 is 0 Å². The summed E-state index contributed by atoms with van der Waals surface area (Å²) in [6, 6.07) is 3.91. The Hall–Kier alpha value is -1.11. The third-order valence-corrected chi connectivity index (χ3v) is 9.26. The van der Waals surface area contributed by atoms with E-state index in [1.165, 1.54) is 51.4 Å². The molecular weight excluding hydrogens is 539 g/mol. The largest absolute Gasteiger partial charge is 0.493 e. The molecule has 0 radical (unpaired) electrons. The molecule has 0 spiro atoms. The van der Waals surface area contributed by atoms with Crippen LogP contribution in [0.3, 0.4) is 0 Å². The second-order valence-corrected chi connectivity index (χ2v) is 14.0. The van der Waals surface area contributed by atoms with E-state index in [1.54, 1.807) is 0 Å². The molecule has 8 heteroatoms. The van der Waals surface area contributed by atoms with E-state index in [9.17, 15) is 4.57 Å². The van der Waals surface area contributed by atoms with Crippen LogP contribution in [0.2, 0.25) is 0 Å². The first-order valence-corrected chi connectivity index (χ1v) is 18.0. The molecular formula is C33H59O7P. The van der Waals surface area contributed by atoms with Crippen molar-refractivity contribution >= 4 is 7.60 Å². The molecule has 41 heavy (non-hydrogen) atoms. The Morgan fingerprint density at radius 3 is 1.73 bits per heavy atom. The predicted octanol–water partition coefficient (Wildman–Crippen LogP) is 10.0. The first kappa shape index (κ1) is 36.1. The molecule has 2 rings (SSSR count). The van der Waals surface area contributed by atoms with Crippen LogP contribution in [-0.2, 0) is 29.2 Å². The number of unbranched alkanes of at least 4 members (excludes halogenated alkanes) is 10. The summed E-state index contributed by atoms with van der Waals surface area (Å²) >= 11 is 0. The van der Waals surface area contributed by atoms with Gasteiger partial charge in [-0.1, -0.05) is 91.9 Å². The van der Waals surface area contributed by atoms with Crippen LogP contribution in [0.25, 0.3) is 0 Å². The maximum absolute atomic E-state index is 13.6. The van der Waals surface area contributed by atoms with Crippen LogP contribution in [0.1, 0.15) is 136 Å². The SMILES string of the molecule is CCCCCCCCOc1cc(C2OCC(C)(C)CO2)c(OCCCCCCCC)cc1CP(=O)(OCC)OCC. The van der Waals surface area contributed by atoms with Crippen molar-refractivity contribution in [2.75, 3.05) is 39.6 Å². The lowest BCUT2D eigenvalue weighted by Crippen LogP contribution is -2.34. The Morgan fingerprint density at radius 2 is 1.22 bits per heavy atom. The summed E-state index contributed by atoms with van der Waals surface area (Å²) in [4.78, 5) is 0. The zero-order valence-corrected chi connectivity index (χ0v) is 27.9. The van der Waals surface area contributed by atoms with E-state index in [0.29, 0.717) is 51.1 Å². The van der Waals surface area contributed by atoms with Gasteiger partial charge in [-0.25, -0.2) is 0 Å². The first-order chi connectivity index (χ1) is 19.8. The molecule has 7 nitrogen and oxygen atoms in total. The highest BCUT2D eigenvalue weighted by Crippen LogP contribution is 2.53.